The van der Waals surface area contributed by atoms with Gasteiger partial charge in [0.05, 0.1) is 12.5 Å². The van der Waals surface area contributed by atoms with E-state index in [1.807, 2.05) is 55.1 Å². The molecule has 1 amide bonds. The molecule has 2 aromatic carbocycles. The van der Waals surface area contributed by atoms with E-state index in [0.717, 1.165) is 22.6 Å². The van der Waals surface area contributed by atoms with Crippen LogP contribution < -0.4 is 9.64 Å². The Balaban J connectivity index is 1.47. The van der Waals surface area contributed by atoms with Gasteiger partial charge >= 0.3 is 0 Å². The van der Waals surface area contributed by atoms with E-state index in [1.165, 1.54) is 5.56 Å². The van der Waals surface area contributed by atoms with Crippen molar-refractivity contribution < 1.29 is 14.1 Å². The molecule has 0 bridgehead atoms. The maximum atomic E-state index is 12.6. The van der Waals surface area contributed by atoms with Gasteiger partial charge in [0.25, 0.3) is 0 Å². The van der Waals surface area contributed by atoms with E-state index < -0.39 is 0 Å². The molecule has 1 fully saturated rings. The SMILES string of the molecule is Cc1ccc(N2CC(c3nc(-c4ccc(OCC(C)C)cc4)no3)CC2=O)c(C)c1. The molecule has 0 spiro atoms. The highest BCUT2D eigenvalue weighted by Gasteiger charge is 2.35. The van der Waals surface area contributed by atoms with Crippen molar-refractivity contribution in [2.45, 2.75) is 40.0 Å². The minimum Gasteiger partial charge on any atom is -0.493 e. The number of carbonyl (C=O) groups excluding carboxylic acids is 1. The average Bonchev–Trinajstić information content (AvgIpc) is 3.34. The topological polar surface area (TPSA) is 68.5 Å². The van der Waals surface area contributed by atoms with Gasteiger partial charge < -0.3 is 14.2 Å². The second-order valence-corrected chi connectivity index (χ2v) is 8.38. The van der Waals surface area contributed by atoms with Crippen LogP contribution in [0.2, 0.25) is 0 Å². The third-order valence-corrected chi connectivity index (χ3v) is 5.25. The van der Waals surface area contributed by atoms with Crippen LogP contribution in [0.1, 0.15) is 43.2 Å². The normalized spacial score (nSPS) is 16.5. The number of hydrogen-bond donors (Lipinski definition) is 0. The fourth-order valence-corrected chi connectivity index (χ4v) is 3.70. The molecular weight excluding hydrogens is 378 g/mol. The van der Waals surface area contributed by atoms with Crippen LogP contribution in [0.4, 0.5) is 5.69 Å². The first kappa shape index (κ1) is 20.1. The van der Waals surface area contributed by atoms with E-state index in [1.54, 1.807) is 0 Å². The maximum absolute atomic E-state index is 12.6. The molecule has 1 unspecified atom stereocenters. The first-order valence-electron chi connectivity index (χ1n) is 10.3. The standard InChI is InChI=1S/C24H27N3O3/c1-15(2)14-29-20-8-6-18(7-9-20)23-25-24(30-26-23)19-12-22(28)27(13-19)21-10-5-16(3)11-17(21)4/h5-11,15,19H,12-14H2,1-4H3. The number of aryl methyl sites for hydroxylation is 2. The van der Waals surface area contributed by atoms with Crippen molar-refractivity contribution in [2.24, 2.45) is 5.92 Å². The molecule has 6 heteroatoms. The molecule has 1 aromatic heterocycles. The van der Waals surface area contributed by atoms with Gasteiger partial charge in [-0.3, -0.25) is 4.79 Å². The Bertz CT molecular complexity index is 1040. The molecule has 30 heavy (non-hydrogen) atoms. The Kier molecular flexibility index (Phi) is 5.57. The van der Waals surface area contributed by atoms with Crippen LogP contribution in [-0.4, -0.2) is 29.2 Å². The van der Waals surface area contributed by atoms with Crippen LogP contribution in [0.25, 0.3) is 11.4 Å². The maximum Gasteiger partial charge on any atom is 0.232 e. The summed E-state index contributed by atoms with van der Waals surface area (Å²) in [6.45, 7) is 9.54. The van der Waals surface area contributed by atoms with Crippen LogP contribution in [-0.2, 0) is 4.79 Å². The van der Waals surface area contributed by atoms with E-state index in [4.69, 9.17) is 9.26 Å². The monoisotopic (exact) mass is 405 g/mol. The molecule has 1 atom stereocenters. The number of hydrogen-bond acceptors (Lipinski definition) is 5. The molecule has 0 radical (unpaired) electrons. The molecule has 1 aliphatic heterocycles. The fraction of sp³-hybridized carbons (Fsp3) is 0.375. The van der Waals surface area contributed by atoms with E-state index in [2.05, 4.69) is 30.1 Å². The van der Waals surface area contributed by atoms with Crippen molar-refractivity contribution in [3.05, 3.63) is 59.5 Å². The molecule has 156 valence electrons. The number of anilines is 1. The summed E-state index contributed by atoms with van der Waals surface area (Å²) in [6.07, 6.45) is 0.372. The van der Waals surface area contributed by atoms with Crippen LogP contribution >= 0.6 is 0 Å². The number of aromatic nitrogens is 2. The third-order valence-electron chi connectivity index (χ3n) is 5.25. The van der Waals surface area contributed by atoms with Gasteiger partial charge in [0.15, 0.2) is 0 Å². The summed E-state index contributed by atoms with van der Waals surface area (Å²) >= 11 is 0. The van der Waals surface area contributed by atoms with Gasteiger partial charge in [-0.15, -0.1) is 0 Å². The molecular formula is C24H27N3O3. The Morgan fingerprint density at radius 2 is 1.93 bits per heavy atom. The van der Waals surface area contributed by atoms with Crippen molar-refractivity contribution in [2.75, 3.05) is 18.1 Å². The largest absolute Gasteiger partial charge is 0.493 e. The van der Waals surface area contributed by atoms with Gasteiger partial charge in [-0.05, 0) is 55.7 Å². The second-order valence-electron chi connectivity index (χ2n) is 8.38. The lowest BCUT2D eigenvalue weighted by Gasteiger charge is -2.19. The molecule has 4 rings (SSSR count). The van der Waals surface area contributed by atoms with E-state index in [0.29, 0.717) is 37.2 Å². The Morgan fingerprint density at radius 1 is 1.17 bits per heavy atom. The van der Waals surface area contributed by atoms with E-state index >= 15 is 0 Å². The molecule has 1 aliphatic rings. The fourth-order valence-electron chi connectivity index (χ4n) is 3.70. The number of carbonyl (C=O) groups is 1. The van der Waals surface area contributed by atoms with Crippen LogP contribution in [0.3, 0.4) is 0 Å². The first-order valence-corrected chi connectivity index (χ1v) is 10.3. The van der Waals surface area contributed by atoms with Gasteiger partial charge in [0, 0.05) is 24.2 Å². The highest BCUT2D eigenvalue weighted by atomic mass is 16.5. The molecule has 3 aromatic rings. The zero-order valence-electron chi connectivity index (χ0n) is 17.9. The Morgan fingerprint density at radius 3 is 2.63 bits per heavy atom. The summed E-state index contributed by atoms with van der Waals surface area (Å²) in [6, 6.07) is 13.8. The number of ether oxygens (including phenoxy) is 1. The number of amides is 1. The van der Waals surface area contributed by atoms with Crippen molar-refractivity contribution in [1.29, 1.82) is 0 Å². The van der Waals surface area contributed by atoms with Gasteiger partial charge in [0.2, 0.25) is 17.6 Å². The van der Waals surface area contributed by atoms with Gasteiger partial charge in [-0.2, -0.15) is 4.98 Å². The predicted molar refractivity (Wildman–Crippen MR) is 116 cm³/mol. The van der Waals surface area contributed by atoms with Crippen molar-refractivity contribution >= 4 is 11.6 Å². The van der Waals surface area contributed by atoms with E-state index in [-0.39, 0.29) is 11.8 Å². The lowest BCUT2D eigenvalue weighted by Crippen LogP contribution is -2.25. The number of nitrogens with zero attached hydrogens (tertiary/aromatic N) is 3. The molecule has 0 N–H and O–H groups in total. The van der Waals surface area contributed by atoms with E-state index in [9.17, 15) is 4.79 Å². The number of benzene rings is 2. The summed E-state index contributed by atoms with van der Waals surface area (Å²) in [5.74, 6) is 2.30. The van der Waals surface area contributed by atoms with Gasteiger partial charge in [-0.25, -0.2) is 0 Å². The average molecular weight is 405 g/mol. The van der Waals surface area contributed by atoms with Crippen molar-refractivity contribution in [3.8, 4) is 17.1 Å². The summed E-state index contributed by atoms with van der Waals surface area (Å²) in [4.78, 5) is 19.0. The zero-order chi connectivity index (χ0) is 21.3. The molecule has 0 saturated carbocycles. The Hall–Kier alpha value is -3.15. The minimum atomic E-state index is -0.104. The van der Waals surface area contributed by atoms with Crippen molar-refractivity contribution in [3.63, 3.8) is 0 Å². The summed E-state index contributed by atoms with van der Waals surface area (Å²) in [5, 5.41) is 4.13. The van der Waals surface area contributed by atoms with Gasteiger partial charge in [0.1, 0.15) is 5.75 Å². The summed E-state index contributed by atoms with van der Waals surface area (Å²) < 4.78 is 11.2. The lowest BCUT2D eigenvalue weighted by atomic mass is 10.1. The molecule has 1 saturated heterocycles. The summed E-state index contributed by atoms with van der Waals surface area (Å²) in [5.41, 5.74) is 4.08. The highest BCUT2D eigenvalue weighted by molar-refractivity contribution is 5.97. The third kappa shape index (κ3) is 4.22. The Labute approximate surface area is 176 Å². The second kappa shape index (κ2) is 8.30. The number of rotatable bonds is 6. The van der Waals surface area contributed by atoms with Crippen LogP contribution in [0.5, 0.6) is 5.75 Å². The van der Waals surface area contributed by atoms with Crippen LogP contribution in [0, 0.1) is 19.8 Å². The van der Waals surface area contributed by atoms with Crippen molar-refractivity contribution in [1.82, 2.24) is 10.1 Å². The smallest absolute Gasteiger partial charge is 0.232 e. The predicted octanol–water partition coefficient (Wildman–Crippen LogP) is 4.91. The minimum absolute atomic E-state index is 0.0818. The highest BCUT2D eigenvalue weighted by Crippen LogP contribution is 2.33. The van der Waals surface area contributed by atoms with Crippen LogP contribution in [0.15, 0.2) is 47.0 Å². The quantitative estimate of drug-likeness (QED) is 0.583. The lowest BCUT2D eigenvalue weighted by molar-refractivity contribution is -0.117. The molecule has 2 heterocycles. The first-order chi connectivity index (χ1) is 14.4. The molecule has 6 nitrogen and oxygen atoms in total. The zero-order valence-corrected chi connectivity index (χ0v) is 17.9. The van der Waals surface area contributed by atoms with Gasteiger partial charge in [-0.1, -0.05) is 36.7 Å². The summed E-state index contributed by atoms with van der Waals surface area (Å²) in [7, 11) is 0. The molecule has 0 aliphatic carbocycles.